The van der Waals surface area contributed by atoms with E-state index < -0.39 is 0 Å². The van der Waals surface area contributed by atoms with Crippen LogP contribution in [0.25, 0.3) is 11.5 Å². The summed E-state index contributed by atoms with van der Waals surface area (Å²) in [4.78, 5) is 12.5. The number of hydrogen-bond acceptors (Lipinski definition) is 6. The second-order valence-corrected chi connectivity index (χ2v) is 5.38. The first kappa shape index (κ1) is 16.8. The molecule has 0 aliphatic rings. The van der Waals surface area contributed by atoms with E-state index >= 15 is 0 Å². The van der Waals surface area contributed by atoms with Crippen LogP contribution in [0.1, 0.15) is 10.4 Å². The number of hydrogen-bond donors (Lipinski definition) is 1. The minimum atomic E-state index is -0.342. The molecule has 0 saturated carbocycles. The fourth-order valence-electron chi connectivity index (χ4n) is 2.28. The van der Waals surface area contributed by atoms with Crippen molar-refractivity contribution in [2.45, 2.75) is 0 Å². The Bertz CT molecular complexity index is 897. The van der Waals surface area contributed by atoms with Crippen LogP contribution in [0.15, 0.2) is 47.2 Å². The number of carbonyl (C=O) groups is 1. The predicted molar refractivity (Wildman–Crippen MR) is 92.2 cm³/mol. The van der Waals surface area contributed by atoms with E-state index in [0.29, 0.717) is 34.2 Å². The monoisotopic (exact) mass is 359 g/mol. The molecule has 1 N–H and O–H groups in total. The van der Waals surface area contributed by atoms with E-state index in [1.54, 1.807) is 30.3 Å². The van der Waals surface area contributed by atoms with E-state index in [9.17, 15) is 4.79 Å². The quantitative estimate of drug-likeness (QED) is 0.748. The topological polar surface area (TPSA) is 86.5 Å². The molecular weight excluding hydrogens is 346 g/mol. The van der Waals surface area contributed by atoms with E-state index in [2.05, 4.69) is 15.5 Å². The number of amides is 1. The Hall–Kier alpha value is -3.06. The molecule has 0 saturated heterocycles. The minimum Gasteiger partial charge on any atom is -0.493 e. The maximum atomic E-state index is 12.5. The van der Waals surface area contributed by atoms with Crippen LogP contribution in [-0.2, 0) is 0 Å². The lowest BCUT2D eigenvalue weighted by molar-refractivity contribution is 0.102. The number of ether oxygens (including phenoxy) is 2. The van der Waals surface area contributed by atoms with E-state index in [4.69, 9.17) is 25.5 Å². The van der Waals surface area contributed by atoms with E-state index in [1.807, 2.05) is 0 Å². The molecule has 0 aliphatic carbocycles. The van der Waals surface area contributed by atoms with Gasteiger partial charge in [-0.3, -0.25) is 4.79 Å². The molecule has 0 unspecified atom stereocenters. The zero-order chi connectivity index (χ0) is 17.8. The largest absolute Gasteiger partial charge is 0.493 e. The molecule has 8 heteroatoms. The van der Waals surface area contributed by atoms with Crippen molar-refractivity contribution in [1.82, 2.24) is 10.2 Å². The molecule has 0 bridgehead atoms. The Morgan fingerprint density at radius 1 is 1.20 bits per heavy atom. The van der Waals surface area contributed by atoms with Crippen LogP contribution in [0.3, 0.4) is 0 Å². The molecule has 128 valence electrons. The first-order chi connectivity index (χ1) is 12.1. The number of anilines is 1. The Kier molecular flexibility index (Phi) is 4.85. The molecule has 0 fully saturated rings. The highest BCUT2D eigenvalue weighted by molar-refractivity contribution is 6.32. The lowest BCUT2D eigenvalue weighted by atomic mass is 10.1. The standard InChI is InChI=1S/C17H14ClN3O4/c1-23-14-8-11(7-13(18)15(14)24-2)16(22)20-12-5-3-4-10(6-12)17-21-19-9-25-17/h3-9H,1-2H3,(H,20,22). The number of nitrogens with one attached hydrogen (secondary N) is 1. The van der Waals surface area contributed by atoms with Gasteiger partial charge in [0, 0.05) is 16.8 Å². The van der Waals surface area contributed by atoms with E-state index in [-0.39, 0.29) is 10.9 Å². The Morgan fingerprint density at radius 3 is 2.72 bits per heavy atom. The summed E-state index contributed by atoms with van der Waals surface area (Å²) >= 11 is 6.14. The molecule has 0 aliphatic heterocycles. The minimum absolute atomic E-state index is 0.284. The molecule has 1 amide bonds. The molecular formula is C17H14ClN3O4. The lowest BCUT2D eigenvalue weighted by Gasteiger charge is -2.12. The summed E-state index contributed by atoms with van der Waals surface area (Å²) in [7, 11) is 2.95. The molecule has 0 spiro atoms. The molecule has 1 heterocycles. The van der Waals surface area contributed by atoms with Crippen LogP contribution in [0.2, 0.25) is 5.02 Å². The van der Waals surface area contributed by atoms with Crippen molar-refractivity contribution in [1.29, 1.82) is 0 Å². The van der Waals surface area contributed by atoms with Gasteiger partial charge in [0.2, 0.25) is 12.3 Å². The number of halogens is 1. The summed E-state index contributed by atoms with van der Waals surface area (Å²) in [5.41, 5.74) is 1.61. The first-order valence-corrected chi connectivity index (χ1v) is 7.59. The number of carbonyl (C=O) groups excluding carboxylic acids is 1. The van der Waals surface area contributed by atoms with Gasteiger partial charge in [0.05, 0.1) is 19.2 Å². The first-order valence-electron chi connectivity index (χ1n) is 7.22. The van der Waals surface area contributed by atoms with E-state index in [0.717, 1.165) is 0 Å². The Morgan fingerprint density at radius 2 is 2.04 bits per heavy atom. The van der Waals surface area contributed by atoms with Gasteiger partial charge in [-0.05, 0) is 30.3 Å². The van der Waals surface area contributed by atoms with Gasteiger partial charge in [0.25, 0.3) is 5.91 Å². The van der Waals surface area contributed by atoms with Gasteiger partial charge in [-0.2, -0.15) is 0 Å². The maximum Gasteiger partial charge on any atom is 0.255 e. The van der Waals surface area contributed by atoms with E-state index in [1.165, 1.54) is 26.7 Å². The van der Waals surface area contributed by atoms with Crippen LogP contribution in [0.5, 0.6) is 11.5 Å². The molecule has 25 heavy (non-hydrogen) atoms. The maximum absolute atomic E-state index is 12.5. The molecule has 3 rings (SSSR count). The average molecular weight is 360 g/mol. The third-order valence-electron chi connectivity index (χ3n) is 3.42. The molecule has 7 nitrogen and oxygen atoms in total. The van der Waals surface area contributed by atoms with Crippen molar-refractivity contribution >= 4 is 23.2 Å². The molecule has 0 radical (unpaired) electrons. The van der Waals surface area contributed by atoms with Crippen molar-refractivity contribution < 1.29 is 18.7 Å². The average Bonchev–Trinajstić information content (AvgIpc) is 3.15. The highest BCUT2D eigenvalue weighted by Crippen LogP contribution is 2.36. The second-order valence-electron chi connectivity index (χ2n) is 4.97. The van der Waals surface area contributed by atoms with Crippen LogP contribution < -0.4 is 14.8 Å². The Labute approximate surface area is 148 Å². The van der Waals surface area contributed by atoms with Crippen LogP contribution in [0.4, 0.5) is 5.69 Å². The third kappa shape index (κ3) is 3.56. The van der Waals surface area contributed by atoms with Gasteiger partial charge in [-0.1, -0.05) is 17.7 Å². The van der Waals surface area contributed by atoms with Crippen molar-refractivity contribution in [3.63, 3.8) is 0 Å². The highest BCUT2D eigenvalue weighted by atomic mass is 35.5. The second kappa shape index (κ2) is 7.23. The van der Waals surface area contributed by atoms with Gasteiger partial charge < -0.3 is 19.2 Å². The summed E-state index contributed by atoms with van der Waals surface area (Å²) in [6.07, 6.45) is 1.24. The molecule has 0 atom stereocenters. The Balaban J connectivity index is 1.86. The zero-order valence-corrected chi connectivity index (χ0v) is 14.2. The molecule has 1 aromatic heterocycles. The fourth-order valence-corrected chi connectivity index (χ4v) is 2.57. The smallest absolute Gasteiger partial charge is 0.255 e. The van der Waals surface area contributed by atoms with Crippen LogP contribution >= 0.6 is 11.6 Å². The summed E-state index contributed by atoms with van der Waals surface area (Å²) < 4.78 is 15.5. The van der Waals surface area contributed by atoms with Crippen molar-refractivity contribution in [3.8, 4) is 23.0 Å². The number of aromatic nitrogens is 2. The number of benzene rings is 2. The third-order valence-corrected chi connectivity index (χ3v) is 3.70. The van der Waals surface area contributed by atoms with Crippen molar-refractivity contribution in [3.05, 3.63) is 53.4 Å². The number of rotatable bonds is 5. The van der Waals surface area contributed by atoms with Crippen molar-refractivity contribution in [2.24, 2.45) is 0 Å². The van der Waals surface area contributed by atoms with Gasteiger partial charge >= 0.3 is 0 Å². The molecule has 2 aromatic carbocycles. The van der Waals surface area contributed by atoms with Gasteiger partial charge in [0.15, 0.2) is 11.5 Å². The molecule has 3 aromatic rings. The zero-order valence-electron chi connectivity index (χ0n) is 13.4. The predicted octanol–water partition coefficient (Wildman–Crippen LogP) is 3.66. The van der Waals surface area contributed by atoms with Crippen LogP contribution in [-0.4, -0.2) is 30.3 Å². The van der Waals surface area contributed by atoms with Crippen molar-refractivity contribution in [2.75, 3.05) is 19.5 Å². The normalized spacial score (nSPS) is 10.4. The van der Waals surface area contributed by atoms with Gasteiger partial charge in [-0.25, -0.2) is 0 Å². The van der Waals surface area contributed by atoms with Crippen LogP contribution in [0, 0.1) is 0 Å². The summed E-state index contributed by atoms with van der Waals surface area (Å²) in [6.45, 7) is 0. The van der Waals surface area contributed by atoms with Gasteiger partial charge in [0.1, 0.15) is 0 Å². The fraction of sp³-hybridized carbons (Fsp3) is 0.118. The number of nitrogens with zero attached hydrogens (tertiary/aromatic N) is 2. The SMILES string of the molecule is COc1cc(C(=O)Nc2cccc(-c3nnco3)c2)cc(Cl)c1OC. The number of methoxy groups -OCH3 is 2. The summed E-state index contributed by atoms with van der Waals surface area (Å²) in [5.74, 6) is 0.773. The summed E-state index contributed by atoms with van der Waals surface area (Å²) in [6, 6.07) is 10.1. The lowest BCUT2D eigenvalue weighted by Crippen LogP contribution is -2.12. The highest BCUT2D eigenvalue weighted by Gasteiger charge is 2.15. The van der Waals surface area contributed by atoms with Gasteiger partial charge in [-0.15, -0.1) is 10.2 Å². The summed E-state index contributed by atoms with van der Waals surface area (Å²) in [5, 5.41) is 10.6.